The second-order valence-corrected chi connectivity index (χ2v) is 10.1. The van der Waals surface area contributed by atoms with Crippen LogP contribution in [0.2, 0.25) is 5.02 Å². The Labute approximate surface area is 213 Å². The minimum absolute atomic E-state index is 0.00914. The maximum Gasteiger partial charge on any atom is 0.225 e. The van der Waals surface area contributed by atoms with Crippen molar-refractivity contribution in [3.05, 3.63) is 58.7 Å². The van der Waals surface area contributed by atoms with Crippen molar-refractivity contribution in [3.8, 4) is 0 Å². The summed E-state index contributed by atoms with van der Waals surface area (Å²) < 4.78 is 11.4. The number of rotatable bonds is 9. The largest absolute Gasteiger partial charge is 0.384 e. The predicted molar refractivity (Wildman–Crippen MR) is 138 cm³/mol. The van der Waals surface area contributed by atoms with Gasteiger partial charge in [0.25, 0.3) is 0 Å². The first kappa shape index (κ1) is 25.9. The Morgan fingerprint density at radius 1 is 1.09 bits per heavy atom. The second kappa shape index (κ2) is 12.7. The summed E-state index contributed by atoms with van der Waals surface area (Å²) in [7, 11) is 1.68. The summed E-state index contributed by atoms with van der Waals surface area (Å²) in [6, 6.07) is 11.9. The molecular formula is C27H37ClN4O3. The van der Waals surface area contributed by atoms with Crippen LogP contribution in [0.1, 0.15) is 42.9 Å². The number of benzene rings is 1. The van der Waals surface area contributed by atoms with E-state index in [4.69, 9.17) is 26.8 Å². The molecule has 3 heterocycles. The lowest BCUT2D eigenvalue weighted by atomic mass is 9.86. The summed E-state index contributed by atoms with van der Waals surface area (Å²) in [5.74, 6) is 1.36. The molecule has 2 aliphatic heterocycles. The van der Waals surface area contributed by atoms with Crippen LogP contribution in [0.4, 0.5) is 5.82 Å². The van der Waals surface area contributed by atoms with Crippen molar-refractivity contribution in [1.82, 2.24) is 14.8 Å². The fraction of sp³-hybridized carbons (Fsp3) is 0.556. The van der Waals surface area contributed by atoms with E-state index in [1.54, 1.807) is 13.3 Å². The van der Waals surface area contributed by atoms with E-state index < -0.39 is 0 Å². The van der Waals surface area contributed by atoms with Crippen molar-refractivity contribution in [3.63, 3.8) is 0 Å². The number of pyridine rings is 1. The number of amides is 1. The van der Waals surface area contributed by atoms with Crippen molar-refractivity contribution < 1.29 is 14.3 Å². The summed E-state index contributed by atoms with van der Waals surface area (Å²) in [5.41, 5.74) is 8.12. The molecule has 1 unspecified atom stereocenters. The van der Waals surface area contributed by atoms with Crippen LogP contribution < -0.4 is 5.73 Å². The van der Waals surface area contributed by atoms with E-state index in [0.717, 1.165) is 69.0 Å². The van der Waals surface area contributed by atoms with Gasteiger partial charge in [-0.05, 0) is 80.1 Å². The SMILES string of the molecule is COCCOC(c1ccc(Cl)cc1)C1CCN(C(=O)C2CCN(Cc3ccnc(N)c3)CC2)CC1. The highest BCUT2D eigenvalue weighted by atomic mass is 35.5. The third kappa shape index (κ3) is 7.17. The molecule has 35 heavy (non-hydrogen) atoms. The zero-order chi connectivity index (χ0) is 24.6. The number of nitrogens with two attached hydrogens (primary N) is 1. The van der Waals surface area contributed by atoms with Crippen LogP contribution in [0.15, 0.2) is 42.6 Å². The first-order valence-corrected chi connectivity index (χ1v) is 13.0. The van der Waals surface area contributed by atoms with Gasteiger partial charge in [-0.3, -0.25) is 9.69 Å². The summed E-state index contributed by atoms with van der Waals surface area (Å²) in [6.45, 7) is 5.41. The Balaban J connectivity index is 1.27. The van der Waals surface area contributed by atoms with Gasteiger partial charge >= 0.3 is 0 Å². The van der Waals surface area contributed by atoms with E-state index in [-0.39, 0.29) is 12.0 Å². The van der Waals surface area contributed by atoms with Crippen LogP contribution >= 0.6 is 11.6 Å². The highest BCUT2D eigenvalue weighted by molar-refractivity contribution is 6.30. The molecule has 2 N–H and O–H groups in total. The van der Waals surface area contributed by atoms with E-state index in [2.05, 4.69) is 14.8 Å². The average molecular weight is 501 g/mol. The lowest BCUT2D eigenvalue weighted by Gasteiger charge is -2.39. The quantitative estimate of drug-likeness (QED) is 0.520. The number of nitrogen functional groups attached to an aromatic ring is 1. The van der Waals surface area contributed by atoms with Crippen LogP contribution in [0.25, 0.3) is 0 Å². The van der Waals surface area contributed by atoms with E-state index >= 15 is 0 Å². The molecule has 4 rings (SSSR count). The topological polar surface area (TPSA) is 80.9 Å². The molecule has 1 atom stereocenters. The fourth-order valence-corrected chi connectivity index (χ4v) is 5.41. The molecule has 2 fully saturated rings. The summed E-state index contributed by atoms with van der Waals surface area (Å²) in [4.78, 5) is 21.8. The third-order valence-corrected chi connectivity index (χ3v) is 7.50. The maximum absolute atomic E-state index is 13.3. The van der Waals surface area contributed by atoms with Gasteiger partial charge in [-0.25, -0.2) is 4.98 Å². The maximum atomic E-state index is 13.3. The second-order valence-electron chi connectivity index (χ2n) is 9.64. The molecule has 190 valence electrons. The van der Waals surface area contributed by atoms with E-state index in [0.29, 0.717) is 30.9 Å². The molecule has 1 aromatic heterocycles. The zero-order valence-corrected chi connectivity index (χ0v) is 21.3. The minimum Gasteiger partial charge on any atom is -0.384 e. The first-order valence-electron chi connectivity index (χ1n) is 12.6. The number of halogens is 1. The smallest absolute Gasteiger partial charge is 0.225 e. The molecule has 2 aromatic rings. The van der Waals surface area contributed by atoms with Gasteiger partial charge in [0.15, 0.2) is 0 Å². The van der Waals surface area contributed by atoms with Gasteiger partial charge in [0.05, 0.1) is 19.3 Å². The zero-order valence-electron chi connectivity index (χ0n) is 20.6. The Kier molecular flexibility index (Phi) is 9.38. The van der Waals surface area contributed by atoms with Crippen molar-refractivity contribution in [2.45, 2.75) is 38.3 Å². The standard InChI is InChI=1S/C27H37ClN4O3/c1-34-16-17-35-26(21-2-4-24(28)5-3-21)22-9-14-32(15-10-22)27(33)23-7-12-31(13-8-23)19-20-6-11-30-25(29)18-20/h2-6,11,18,22-23,26H,7-10,12-17,19H2,1H3,(H2,29,30). The number of anilines is 1. The highest BCUT2D eigenvalue weighted by Crippen LogP contribution is 2.35. The molecule has 0 radical (unpaired) electrons. The van der Waals surface area contributed by atoms with Crippen molar-refractivity contribution in [1.29, 1.82) is 0 Å². The number of carbonyl (C=O) groups is 1. The number of piperidine rings is 2. The minimum atomic E-state index is -0.00914. The number of ether oxygens (including phenoxy) is 2. The van der Waals surface area contributed by atoms with Gasteiger partial charge in [-0.15, -0.1) is 0 Å². The Bertz CT molecular complexity index is 942. The fourth-order valence-electron chi connectivity index (χ4n) is 5.29. The Morgan fingerprint density at radius 2 is 1.80 bits per heavy atom. The molecule has 2 saturated heterocycles. The molecular weight excluding hydrogens is 464 g/mol. The Morgan fingerprint density at radius 3 is 2.46 bits per heavy atom. The molecule has 1 amide bonds. The lowest BCUT2D eigenvalue weighted by molar-refractivity contribution is -0.139. The first-order chi connectivity index (χ1) is 17.0. The Hall–Kier alpha value is -2.19. The molecule has 0 saturated carbocycles. The lowest BCUT2D eigenvalue weighted by Crippen LogP contribution is -2.46. The molecule has 2 aliphatic rings. The van der Waals surface area contributed by atoms with Crippen LogP contribution in [0.3, 0.4) is 0 Å². The van der Waals surface area contributed by atoms with E-state index in [1.165, 1.54) is 5.56 Å². The highest BCUT2D eigenvalue weighted by Gasteiger charge is 2.33. The predicted octanol–water partition coefficient (Wildman–Crippen LogP) is 4.17. The summed E-state index contributed by atoms with van der Waals surface area (Å²) in [6.07, 6.45) is 5.44. The van der Waals surface area contributed by atoms with Crippen molar-refractivity contribution in [2.75, 3.05) is 52.2 Å². The monoisotopic (exact) mass is 500 g/mol. The van der Waals surface area contributed by atoms with E-state index in [9.17, 15) is 4.79 Å². The molecule has 1 aromatic carbocycles. The number of carbonyl (C=O) groups excluding carboxylic acids is 1. The number of methoxy groups -OCH3 is 1. The number of likely N-dealkylation sites (tertiary alicyclic amines) is 2. The molecule has 8 heteroatoms. The molecule has 0 bridgehead atoms. The molecule has 0 aliphatic carbocycles. The summed E-state index contributed by atoms with van der Waals surface area (Å²) in [5, 5.41) is 0.723. The normalized spacial score (nSPS) is 19.1. The van der Waals surface area contributed by atoms with Gasteiger partial charge in [-0.2, -0.15) is 0 Å². The van der Waals surface area contributed by atoms with Gasteiger partial charge in [-0.1, -0.05) is 23.7 Å². The van der Waals surface area contributed by atoms with Gasteiger partial charge in [0.1, 0.15) is 5.82 Å². The van der Waals surface area contributed by atoms with Crippen molar-refractivity contribution >= 4 is 23.3 Å². The average Bonchev–Trinajstić information content (AvgIpc) is 2.88. The number of nitrogens with zero attached hydrogens (tertiary/aromatic N) is 3. The number of aromatic nitrogens is 1. The summed E-state index contributed by atoms with van der Waals surface area (Å²) >= 11 is 6.10. The van der Waals surface area contributed by atoms with Crippen molar-refractivity contribution in [2.24, 2.45) is 11.8 Å². The van der Waals surface area contributed by atoms with Gasteiger partial charge in [0.2, 0.25) is 5.91 Å². The van der Waals surface area contributed by atoms with Crippen LogP contribution in [0, 0.1) is 11.8 Å². The van der Waals surface area contributed by atoms with Crippen LogP contribution in [0.5, 0.6) is 0 Å². The van der Waals surface area contributed by atoms with Crippen LogP contribution in [-0.4, -0.2) is 67.2 Å². The van der Waals surface area contributed by atoms with E-state index in [1.807, 2.05) is 36.4 Å². The third-order valence-electron chi connectivity index (χ3n) is 7.25. The number of hydrogen-bond donors (Lipinski definition) is 1. The molecule has 0 spiro atoms. The van der Waals surface area contributed by atoms with Crippen LogP contribution in [-0.2, 0) is 20.8 Å². The van der Waals surface area contributed by atoms with Gasteiger partial charge < -0.3 is 20.1 Å². The van der Waals surface area contributed by atoms with Gasteiger partial charge in [0, 0.05) is 43.9 Å². The molecule has 7 nitrogen and oxygen atoms in total. The number of hydrogen-bond acceptors (Lipinski definition) is 6.